The van der Waals surface area contributed by atoms with Crippen molar-refractivity contribution in [2.75, 3.05) is 11.1 Å². The van der Waals surface area contributed by atoms with Gasteiger partial charge in [0.2, 0.25) is 5.91 Å². The van der Waals surface area contributed by atoms with Gasteiger partial charge in [-0.3, -0.25) is 9.59 Å². The van der Waals surface area contributed by atoms with E-state index in [1.807, 2.05) is 18.2 Å². The van der Waals surface area contributed by atoms with Gasteiger partial charge in [-0.05, 0) is 41.3 Å². The summed E-state index contributed by atoms with van der Waals surface area (Å²) in [6.45, 7) is 6.16. The maximum atomic E-state index is 13.2. The molecule has 4 rings (SSSR count). The molecule has 8 heteroatoms. The maximum Gasteiger partial charge on any atom is 0.282 e. The highest BCUT2D eigenvalue weighted by Crippen LogP contribution is 2.30. The number of carbonyl (C=O) groups excluding carboxylic acids is 2. The van der Waals surface area contributed by atoms with E-state index in [0.717, 1.165) is 17.3 Å². The van der Waals surface area contributed by atoms with E-state index in [4.69, 9.17) is 0 Å². The molecule has 0 aliphatic heterocycles. The van der Waals surface area contributed by atoms with Crippen LogP contribution in [0.4, 0.5) is 5.69 Å². The number of sulfonamides is 1. The Kier molecular flexibility index (Phi) is 7.28. The zero-order valence-electron chi connectivity index (χ0n) is 20.2. The molecule has 0 fully saturated rings. The lowest BCUT2D eigenvalue weighted by atomic mass is 9.87. The third kappa shape index (κ3) is 5.83. The van der Waals surface area contributed by atoms with Gasteiger partial charge in [0.25, 0.3) is 10.0 Å². The number of hydrogen-bond acceptors (Lipinski definition) is 5. The molecule has 6 nitrogen and oxygen atoms in total. The van der Waals surface area contributed by atoms with Crippen molar-refractivity contribution in [3.05, 3.63) is 107 Å². The van der Waals surface area contributed by atoms with E-state index < -0.39 is 10.0 Å². The normalized spacial score (nSPS) is 14.8. The lowest BCUT2D eigenvalue weighted by molar-refractivity contribution is -0.113. The highest BCUT2D eigenvalue weighted by molar-refractivity contribution is 8.04. The first-order valence-electron chi connectivity index (χ1n) is 11.3. The third-order valence-corrected chi connectivity index (χ3v) is 7.92. The molecule has 0 bridgehead atoms. The van der Waals surface area contributed by atoms with Crippen LogP contribution in [0.2, 0.25) is 0 Å². The summed E-state index contributed by atoms with van der Waals surface area (Å²) in [7, 11) is -4.03. The second-order valence-electron chi connectivity index (χ2n) is 9.31. The van der Waals surface area contributed by atoms with Crippen LogP contribution in [0.3, 0.4) is 0 Å². The van der Waals surface area contributed by atoms with E-state index >= 15 is 0 Å². The van der Waals surface area contributed by atoms with Gasteiger partial charge in [0.05, 0.1) is 21.3 Å². The quantitative estimate of drug-likeness (QED) is 0.458. The van der Waals surface area contributed by atoms with Gasteiger partial charge in [-0.2, -0.15) is 12.8 Å². The van der Waals surface area contributed by atoms with Gasteiger partial charge in [0, 0.05) is 16.8 Å². The molecule has 0 heterocycles. The minimum Gasteiger partial charge on any atom is -0.325 e. The number of fused-ring (bicyclic) bond motifs is 1. The second kappa shape index (κ2) is 10.2. The number of nitrogens with zero attached hydrogens (tertiary/aromatic N) is 1. The van der Waals surface area contributed by atoms with E-state index in [0.29, 0.717) is 16.8 Å². The maximum absolute atomic E-state index is 13.2. The van der Waals surface area contributed by atoms with E-state index in [-0.39, 0.29) is 38.4 Å². The lowest BCUT2D eigenvalue weighted by Crippen LogP contribution is -2.20. The van der Waals surface area contributed by atoms with E-state index in [2.05, 4.69) is 30.5 Å². The first-order valence-corrected chi connectivity index (χ1v) is 13.8. The molecule has 3 aromatic rings. The molecule has 0 aromatic heterocycles. The van der Waals surface area contributed by atoms with Crippen LogP contribution in [0.15, 0.2) is 99.1 Å². The first kappa shape index (κ1) is 25.6. The number of thioether (sulfide) groups is 1. The monoisotopic (exact) mass is 518 g/mol. The Morgan fingerprint density at radius 3 is 2.14 bits per heavy atom. The Morgan fingerprint density at radius 2 is 1.50 bits per heavy atom. The van der Waals surface area contributed by atoms with Crippen LogP contribution in [0.1, 0.15) is 42.3 Å². The number of rotatable bonds is 6. The smallest absolute Gasteiger partial charge is 0.282 e. The fourth-order valence-corrected chi connectivity index (χ4v) is 5.45. The van der Waals surface area contributed by atoms with E-state index in [1.165, 1.54) is 6.08 Å². The summed E-state index contributed by atoms with van der Waals surface area (Å²) in [5, 5.41) is 2.78. The topological polar surface area (TPSA) is 92.7 Å². The molecule has 0 unspecified atom stereocenters. The van der Waals surface area contributed by atoms with Gasteiger partial charge < -0.3 is 5.32 Å². The van der Waals surface area contributed by atoms with Crippen LogP contribution in [0.5, 0.6) is 0 Å². The molecule has 0 spiro atoms. The molecule has 1 amide bonds. The first-order chi connectivity index (χ1) is 17.0. The molecule has 1 aliphatic carbocycles. The number of anilines is 1. The summed E-state index contributed by atoms with van der Waals surface area (Å²) in [6, 6.07) is 22.4. The largest absolute Gasteiger partial charge is 0.325 e. The van der Waals surface area contributed by atoms with Gasteiger partial charge in [-0.15, -0.1) is 11.8 Å². The third-order valence-electron chi connectivity index (χ3n) is 5.59. The minimum atomic E-state index is -4.03. The van der Waals surface area contributed by atoms with Gasteiger partial charge in [-0.1, -0.05) is 75.4 Å². The van der Waals surface area contributed by atoms with Crippen molar-refractivity contribution in [1.29, 1.82) is 0 Å². The number of nitrogens with one attached hydrogen (secondary N) is 1. The van der Waals surface area contributed by atoms with E-state index in [1.54, 1.807) is 60.7 Å². The number of carbonyl (C=O) groups is 2. The van der Waals surface area contributed by atoms with Crippen LogP contribution < -0.4 is 5.32 Å². The predicted octanol–water partition coefficient (Wildman–Crippen LogP) is 5.61. The van der Waals surface area contributed by atoms with Crippen LogP contribution in [0, 0.1) is 0 Å². The molecule has 1 aliphatic rings. The number of benzene rings is 3. The fourth-order valence-electron chi connectivity index (χ4n) is 3.66. The van der Waals surface area contributed by atoms with Crippen molar-refractivity contribution in [2.24, 2.45) is 4.40 Å². The SMILES string of the molecule is CC(C)(C)c1ccc(S(=O)(=O)N=C2C=C(SCC(=O)Nc3ccccc3)C(=O)c3ccccc32)cc1. The number of hydrogen-bond donors (Lipinski definition) is 1. The Labute approximate surface area is 215 Å². The summed E-state index contributed by atoms with van der Waals surface area (Å²) >= 11 is 1.05. The number of ketones is 1. The Bertz CT molecular complexity index is 1470. The Hall–Kier alpha value is -3.49. The van der Waals surface area contributed by atoms with Gasteiger partial charge >= 0.3 is 0 Å². The number of Topliss-reactive ketones (excluding diaryl/α,β-unsaturated/α-hetero) is 1. The standard InChI is InChI=1S/C28H26N2O4S2/c1-28(2,3)19-13-15-21(16-14-19)36(33,34)30-24-17-25(27(32)23-12-8-7-11-22(23)24)35-18-26(31)29-20-9-5-4-6-10-20/h4-17H,18H2,1-3H3,(H,29,31). The molecule has 3 aromatic carbocycles. The minimum absolute atomic E-state index is 0.0110. The zero-order chi connectivity index (χ0) is 25.9. The molecule has 0 atom stereocenters. The average molecular weight is 519 g/mol. The average Bonchev–Trinajstić information content (AvgIpc) is 2.85. The van der Waals surface area contributed by atoms with Crippen molar-refractivity contribution in [1.82, 2.24) is 0 Å². The summed E-state index contributed by atoms with van der Waals surface area (Å²) in [5.74, 6) is -0.555. The van der Waals surface area contributed by atoms with Crippen LogP contribution >= 0.6 is 11.8 Å². The highest BCUT2D eigenvalue weighted by atomic mass is 32.2. The molecule has 0 saturated carbocycles. The molecule has 184 valence electrons. The van der Waals surface area contributed by atoms with Crippen molar-refractivity contribution in [2.45, 2.75) is 31.1 Å². The van der Waals surface area contributed by atoms with Crippen molar-refractivity contribution in [3.8, 4) is 0 Å². The highest BCUT2D eigenvalue weighted by Gasteiger charge is 2.27. The molecule has 36 heavy (non-hydrogen) atoms. The van der Waals surface area contributed by atoms with Gasteiger partial charge in [0.15, 0.2) is 5.78 Å². The van der Waals surface area contributed by atoms with Crippen molar-refractivity contribution >= 4 is 44.9 Å². The number of para-hydroxylation sites is 1. The van der Waals surface area contributed by atoms with Gasteiger partial charge in [0.1, 0.15) is 0 Å². The summed E-state index contributed by atoms with van der Waals surface area (Å²) in [5.41, 5.74) is 2.51. The summed E-state index contributed by atoms with van der Waals surface area (Å²) in [6.07, 6.45) is 1.45. The second-order valence-corrected chi connectivity index (χ2v) is 11.9. The van der Waals surface area contributed by atoms with Crippen LogP contribution in [-0.4, -0.2) is 31.6 Å². The lowest BCUT2D eigenvalue weighted by Gasteiger charge is -2.19. The molecular formula is C28H26N2O4S2. The molecule has 0 radical (unpaired) electrons. The summed E-state index contributed by atoms with van der Waals surface area (Å²) < 4.78 is 30.4. The fraction of sp³-hybridized carbons (Fsp3) is 0.179. The number of amides is 1. The predicted molar refractivity (Wildman–Crippen MR) is 145 cm³/mol. The Balaban J connectivity index is 1.62. The van der Waals surface area contributed by atoms with E-state index in [9.17, 15) is 18.0 Å². The zero-order valence-corrected chi connectivity index (χ0v) is 21.8. The van der Waals surface area contributed by atoms with Crippen LogP contribution in [-0.2, 0) is 20.2 Å². The summed E-state index contributed by atoms with van der Waals surface area (Å²) in [4.78, 5) is 25.8. The Morgan fingerprint density at radius 1 is 0.889 bits per heavy atom. The van der Waals surface area contributed by atoms with Crippen LogP contribution in [0.25, 0.3) is 0 Å². The molecule has 1 N–H and O–H groups in total. The van der Waals surface area contributed by atoms with Gasteiger partial charge in [-0.25, -0.2) is 0 Å². The van der Waals surface area contributed by atoms with Crippen molar-refractivity contribution < 1.29 is 18.0 Å². The molecule has 0 saturated heterocycles. The number of allylic oxidation sites excluding steroid dienone is 2. The molecular weight excluding hydrogens is 492 g/mol. The van der Waals surface area contributed by atoms with Crippen molar-refractivity contribution in [3.63, 3.8) is 0 Å².